The Labute approximate surface area is 140 Å². The number of aryl methyl sites for hydroxylation is 2. The normalized spacial score (nSPS) is 17.5. The number of hydrogen-bond donors (Lipinski definition) is 1. The van der Waals surface area contributed by atoms with E-state index in [1.165, 1.54) is 6.92 Å². The van der Waals surface area contributed by atoms with Crippen molar-refractivity contribution in [3.63, 3.8) is 0 Å². The second-order valence-corrected chi connectivity index (χ2v) is 6.28. The quantitative estimate of drug-likeness (QED) is 0.857. The van der Waals surface area contributed by atoms with Gasteiger partial charge in [0.15, 0.2) is 11.6 Å². The highest BCUT2D eigenvalue weighted by Gasteiger charge is 2.33. The molecule has 1 saturated heterocycles. The van der Waals surface area contributed by atoms with E-state index in [-0.39, 0.29) is 24.3 Å². The number of hydrogen-bond acceptors (Lipinski definition) is 5. The summed E-state index contributed by atoms with van der Waals surface area (Å²) in [7, 11) is 0. The van der Waals surface area contributed by atoms with Crippen LogP contribution in [0.2, 0.25) is 0 Å². The molecule has 128 valence electrons. The molecule has 0 bridgehead atoms. The van der Waals surface area contributed by atoms with Crippen LogP contribution in [0.25, 0.3) is 0 Å². The molecule has 3 rings (SSSR count). The van der Waals surface area contributed by atoms with Crippen LogP contribution in [0, 0.1) is 20.8 Å². The third-order valence-electron chi connectivity index (χ3n) is 4.50. The molecule has 1 N–H and O–H groups in total. The first-order chi connectivity index (χ1) is 11.4. The van der Waals surface area contributed by atoms with E-state index < -0.39 is 0 Å². The van der Waals surface area contributed by atoms with E-state index in [0.717, 1.165) is 24.4 Å². The molecule has 8 heteroatoms. The smallest absolute Gasteiger partial charge is 0.244 e. The van der Waals surface area contributed by atoms with Gasteiger partial charge in [-0.3, -0.25) is 19.4 Å². The molecule has 0 spiro atoms. The first-order valence-corrected chi connectivity index (χ1v) is 8.11. The van der Waals surface area contributed by atoms with E-state index in [4.69, 9.17) is 0 Å². The van der Waals surface area contributed by atoms with Crippen LogP contribution in [-0.4, -0.2) is 48.1 Å². The van der Waals surface area contributed by atoms with Crippen LogP contribution in [-0.2, 0) is 11.3 Å². The summed E-state index contributed by atoms with van der Waals surface area (Å²) >= 11 is 0. The summed E-state index contributed by atoms with van der Waals surface area (Å²) in [6.45, 7) is 7.79. The number of nitrogens with one attached hydrogen (secondary N) is 1. The molecule has 2 aromatic rings. The molecular weight excluding hydrogens is 308 g/mol. The first-order valence-electron chi connectivity index (χ1n) is 8.11. The molecular formula is C16H22N6O2. The van der Waals surface area contributed by atoms with Crippen LogP contribution in [0.3, 0.4) is 0 Å². The van der Waals surface area contributed by atoms with Crippen LogP contribution in [0.15, 0.2) is 0 Å². The fraction of sp³-hybridized carbons (Fsp3) is 0.562. The topological polar surface area (TPSA) is 96.8 Å². The molecule has 0 unspecified atom stereocenters. The number of aromatic nitrogens is 5. The van der Waals surface area contributed by atoms with E-state index in [9.17, 15) is 9.59 Å². The Hall–Kier alpha value is -2.51. The van der Waals surface area contributed by atoms with Gasteiger partial charge in [0, 0.05) is 12.2 Å². The van der Waals surface area contributed by atoms with Crippen molar-refractivity contribution in [3.05, 3.63) is 28.6 Å². The van der Waals surface area contributed by atoms with Gasteiger partial charge in [-0.25, -0.2) is 4.98 Å². The molecule has 3 heterocycles. The summed E-state index contributed by atoms with van der Waals surface area (Å²) in [6, 6.07) is -0.0910. The molecule has 0 saturated carbocycles. The lowest BCUT2D eigenvalue weighted by molar-refractivity contribution is -0.133. The zero-order valence-corrected chi connectivity index (χ0v) is 14.5. The average molecular weight is 330 g/mol. The number of likely N-dealkylation sites (tertiary alicyclic amines) is 1. The molecule has 0 aliphatic carbocycles. The van der Waals surface area contributed by atoms with Crippen molar-refractivity contribution < 1.29 is 9.59 Å². The Kier molecular flexibility index (Phi) is 4.21. The lowest BCUT2D eigenvalue weighted by Gasteiger charge is -2.22. The van der Waals surface area contributed by atoms with Crippen molar-refractivity contribution >= 4 is 11.7 Å². The van der Waals surface area contributed by atoms with Crippen LogP contribution in [0.5, 0.6) is 0 Å². The Morgan fingerprint density at radius 1 is 1.29 bits per heavy atom. The van der Waals surface area contributed by atoms with Crippen LogP contribution >= 0.6 is 0 Å². The molecule has 2 aromatic heterocycles. The Morgan fingerprint density at radius 3 is 2.62 bits per heavy atom. The van der Waals surface area contributed by atoms with Crippen LogP contribution < -0.4 is 0 Å². The van der Waals surface area contributed by atoms with Crippen molar-refractivity contribution in [1.29, 1.82) is 0 Å². The summed E-state index contributed by atoms with van der Waals surface area (Å²) < 4.78 is 1.62. The minimum absolute atomic E-state index is 0.0272. The molecule has 1 aliphatic rings. The number of carbonyl (C=O) groups is 2. The number of nitrogens with zero attached hydrogens (tertiary/aromatic N) is 5. The Balaban J connectivity index is 1.80. The largest absolute Gasteiger partial charge is 0.331 e. The number of amides is 1. The highest BCUT2D eigenvalue weighted by atomic mass is 16.2. The first kappa shape index (κ1) is 16.4. The number of carbonyl (C=O) groups excluding carboxylic acids is 2. The third-order valence-corrected chi connectivity index (χ3v) is 4.50. The van der Waals surface area contributed by atoms with Gasteiger partial charge in [-0.15, -0.1) is 0 Å². The van der Waals surface area contributed by atoms with E-state index >= 15 is 0 Å². The highest BCUT2D eigenvalue weighted by molar-refractivity contribution is 5.96. The number of rotatable bonds is 4. The Morgan fingerprint density at radius 2 is 2.04 bits per heavy atom. The fourth-order valence-corrected chi connectivity index (χ4v) is 3.42. The number of ketones is 1. The number of Topliss-reactive ketones (excluding diaryl/α,β-unsaturated/α-hetero) is 1. The Bertz CT molecular complexity index is 791. The maximum absolute atomic E-state index is 12.8. The van der Waals surface area contributed by atoms with Crippen molar-refractivity contribution in [2.75, 3.05) is 6.54 Å². The van der Waals surface area contributed by atoms with Gasteiger partial charge in [-0.1, -0.05) is 0 Å². The molecule has 1 atom stereocenters. The second kappa shape index (κ2) is 6.18. The molecule has 1 amide bonds. The maximum atomic E-state index is 12.8. The zero-order chi connectivity index (χ0) is 17.4. The predicted octanol–water partition coefficient (Wildman–Crippen LogP) is 1.49. The highest BCUT2D eigenvalue weighted by Crippen LogP contribution is 2.30. The minimum atomic E-state index is -0.0910. The molecule has 8 nitrogen and oxygen atoms in total. The van der Waals surface area contributed by atoms with Gasteiger partial charge in [0.05, 0.1) is 17.3 Å². The van der Waals surface area contributed by atoms with E-state index in [1.54, 1.807) is 11.6 Å². The van der Waals surface area contributed by atoms with Crippen LogP contribution in [0.1, 0.15) is 59.2 Å². The molecule has 1 fully saturated rings. The van der Waals surface area contributed by atoms with Gasteiger partial charge >= 0.3 is 0 Å². The summed E-state index contributed by atoms with van der Waals surface area (Å²) in [6.07, 6.45) is 1.79. The standard InChI is InChI=1S/C16H22N6O2/c1-9-15(11(3)23)10(2)22(20-9)8-14(24)21-7-5-6-13(21)16-17-12(4)18-19-16/h13H,5-8H2,1-4H3,(H,17,18,19)/t13-/m1/s1. The summed E-state index contributed by atoms with van der Waals surface area (Å²) in [5.41, 5.74) is 2.00. The lowest BCUT2D eigenvalue weighted by atomic mass is 10.1. The molecule has 0 radical (unpaired) electrons. The lowest BCUT2D eigenvalue weighted by Crippen LogP contribution is -2.34. The fourth-order valence-electron chi connectivity index (χ4n) is 3.42. The van der Waals surface area contributed by atoms with Crippen molar-refractivity contribution in [2.24, 2.45) is 0 Å². The second-order valence-electron chi connectivity index (χ2n) is 6.28. The minimum Gasteiger partial charge on any atom is -0.331 e. The molecule has 0 aromatic carbocycles. The summed E-state index contributed by atoms with van der Waals surface area (Å²) in [5.74, 6) is 1.35. The van der Waals surface area contributed by atoms with Crippen molar-refractivity contribution in [1.82, 2.24) is 29.9 Å². The third kappa shape index (κ3) is 2.83. The van der Waals surface area contributed by atoms with Crippen molar-refractivity contribution in [2.45, 2.75) is 53.1 Å². The van der Waals surface area contributed by atoms with Gasteiger partial charge in [0.25, 0.3) is 0 Å². The number of aromatic amines is 1. The van der Waals surface area contributed by atoms with E-state index in [2.05, 4.69) is 20.3 Å². The average Bonchev–Trinajstić information content (AvgIpc) is 3.19. The van der Waals surface area contributed by atoms with Crippen LogP contribution in [0.4, 0.5) is 0 Å². The SMILES string of the molecule is CC(=O)c1c(C)nn(CC(=O)N2CCC[C@@H]2c2n[nH]c(C)n2)c1C. The van der Waals surface area contributed by atoms with E-state index in [1.807, 2.05) is 18.7 Å². The summed E-state index contributed by atoms with van der Waals surface area (Å²) in [4.78, 5) is 30.7. The van der Waals surface area contributed by atoms with E-state index in [0.29, 0.717) is 23.6 Å². The van der Waals surface area contributed by atoms with Gasteiger partial charge in [0.2, 0.25) is 5.91 Å². The molecule has 1 aliphatic heterocycles. The number of H-pyrrole nitrogens is 1. The maximum Gasteiger partial charge on any atom is 0.244 e. The van der Waals surface area contributed by atoms with Crippen molar-refractivity contribution in [3.8, 4) is 0 Å². The zero-order valence-electron chi connectivity index (χ0n) is 14.5. The van der Waals surface area contributed by atoms with Gasteiger partial charge in [-0.05, 0) is 40.5 Å². The summed E-state index contributed by atoms with van der Waals surface area (Å²) in [5, 5.41) is 11.4. The molecule has 24 heavy (non-hydrogen) atoms. The monoisotopic (exact) mass is 330 g/mol. The van der Waals surface area contributed by atoms with Gasteiger partial charge < -0.3 is 4.90 Å². The predicted molar refractivity (Wildman–Crippen MR) is 86.5 cm³/mol. The van der Waals surface area contributed by atoms with Gasteiger partial charge in [0.1, 0.15) is 12.4 Å². The van der Waals surface area contributed by atoms with Gasteiger partial charge in [-0.2, -0.15) is 10.2 Å².